The first-order valence-electron chi connectivity index (χ1n) is 7.24. The number of hydrogen-bond donors (Lipinski definition) is 1. The van der Waals surface area contributed by atoms with Gasteiger partial charge in [0.1, 0.15) is 5.75 Å². The summed E-state index contributed by atoms with van der Waals surface area (Å²) < 4.78 is 5.67. The van der Waals surface area contributed by atoms with Crippen LogP contribution in [0.3, 0.4) is 0 Å². The Morgan fingerprint density at radius 1 is 1.29 bits per heavy atom. The standard InChI is InChI=1S/C17H16O4/c1-21-17-7-5-9(6-8-17)12-14(17)16(20)13-10(15(12)19)3-2-4-11(13)18/h2-5,7,9,12,14,18H,6,8H2,1H3/t9-,12-,14+,17-/m0/s1. The Morgan fingerprint density at radius 2 is 2.10 bits per heavy atom. The van der Waals surface area contributed by atoms with Crippen molar-refractivity contribution in [2.24, 2.45) is 17.8 Å². The molecule has 4 aliphatic carbocycles. The molecule has 108 valence electrons. The Labute approximate surface area is 122 Å². The third-order valence-corrected chi connectivity index (χ3v) is 5.36. The number of phenolic OH excluding ortho intramolecular Hbond substituents is 1. The Balaban J connectivity index is 1.96. The summed E-state index contributed by atoms with van der Waals surface area (Å²) in [5.41, 5.74) is -0.179. The average molecular weight is 284 g/mol. The van der Waals surface area contributed by atoms with Crippen LogP contribution in [0, 0.1) is 17.8 Å². The third kappa shape index (κ3) is 1.43. The molecule has 1 saturated carbocycles. The molecule has 4 aliphatic rings. The maximum atomic E-state index is 12.9. The third-order valence-electron chi connectivity index (χ3n) is 5.36. The molecular formula is C17H16O4. The van der Waals surface area contributed by atoms with E-state index in [0.29, 0.717) is 5.56 Å². The van der Waals surface area contributed by atoms with E-state index in [2.05, 4.69) is 0 Å². The van der Waals surface area contributed by atoms with Crippen LogP contribution >= 0.6 is 0 Å². The Bertz CT molecular complexity index is 690. The number of ether oxygens (including phenoxy) is 1. The van der Waals surface area contributed by atoms with Gasteiger partial charge in [-0.3, -0.25) is 9.59 Å². The van der Waals surface area contributed by atoms with Gasteiger partial charge >= 0.3 is 0 Å². The summed E-state index contributed by atoms with van der Waals surface area (Å²) in [6, 6.07) is 4.71. The van der Waals surface area contributed by atoms with Crippen molar-refractivity contribution >= 4 is 11.6 Å². The first-order chi connectivity index (χ1) is 10.1. The molecule has 2 bridgehead atoms. The second kappa shape index (κ2) is 4.04. The summed E-state index contributed by atoms with van der Waals surface area (Å²) in [5, 5.41) is 10.0. The highest BCUT2D eigenvalue weighted by molar-refractivity contribution is 6.18. The highest BCUT2D eigenvalue weighted by Crippen LogP contribution is 2.54. The number of hydrogen-bond acceptors (Lipinski definition) is 4. The summed E-state index contributed by atoms with van der Waals surface area (Å²) in [7, 11) is 1.59. The fourth-order valence-corrected chi connectivity index (χ4v) is 4.34. The number of ketones is 2. The lowest BCUT2D eigenvalue weighted by Gasteiger charge is -2.52. The largest absolute Gasteiger partial charge is 0.507 e. The van der Waals surface area contributed by atoms with Gasteiger partial charge in [-0.25, -0.2) is 0 Å². The molecule has 1 aromatic rings. The number of benzene rings is 1. The van der Waals surface area contributed by atoms with E-state index in [1.54, 1.807) is 19.2 Å². The van der Waals surface area contributed by atoms with Crippen LogP contribution in [0.4, 0.5) is 0 Å². The molecule has 0 spiro atoms. The Kier molecular flexibility index (Phi) is 2.46. The topological polar surface area (TPSA) is 63.6 Å². The van der Waals surface area contributed by atoms with Crippen LogP contribution in [0.25, 0.3) is 0 Å². The number of rotatable bonds is 1. The van der Waals surface area contributed by atoms with Crippen molar-refractivity contribution in [1.29, 1.82) is 0 Å². The number of carbonyl (C=O) groups is 2. The van der Waals surface area contributed by atoms with E-state index in [9.17, 15) is 14.7 Å². The number of phenols is 1. The van der Waals surface area contributed by atoms with Crippen LogP contribution in [-0.4, -0.2) is 29.4 Å². The van der Waals surface area contributed by atoms with Crippen molar-refractivity contribution in [3.8, 4) is 5.75 Å². The highest BCUT2D eigenvalue weighted by Gasteiger charge is 2.59. The summed E-state index contributed by atoms with van der Waals surface area (Å²) in [6.07, 6.45) is 5.57. The van der Waals surface area contributed by atoms with Crippen molar-refractivity contribution < 1.29 is 19.4 Å². The normalized spacial score (nSPS) is 36.5. The van der Waals surface area contributed by atoms with Crippen LogP contribution in [0.5, 0.6) is 5.75 Å². The Morgan fingerprint density at radius 3 is 2.76 bits per heavy atom. The van der Waals surface area contributed by atoms with E-state index < -0.39 is 11.5 Å². The summed E-state index contributed by atoms with van der Waals surface area (Å²) in [4.78, 5) is 25.8. The molecule has 5 rings (SSSR count). The number of Topliss-reactive ketones (excluding diaryl/α,β-unsaturated/α-hetero) is 2. The fourth-order valence-electron chi connectivity index (χ4n) is 4.34. The predicted molar refractivity (Wildman–Crippen MR) is 75.4 cm³/mol. The zero-order valence-electron chi connectivity index (χ0n) is 11.7. The molecule has 1 aromatic carbocycles. The van der Waals surface area contributed by atoms with Crippen molar-refractivity contribution in [3.05, 3.63) is 41.5 Å². The van der Waals surface area contributed by atoms with E-state index >= 15 is 0 Å². The van der Waals surface area contributed by atoms with E-state index in [1.165, 1.54) is 6.07 Å². The Hall–Kier alpha value is -1.94. The molecule has 1 fully saturated rings. The minimum Gasteiger partial charge on any atom is -0.507 e. The maximum absolute atomic E-state index is 12.9. The maximum Gasteiger partial charge on any atom is 0.174 e. The first-order valence-corrected chi connectivity index (χ1v) is 7.24. The number of methoxy groups -OCH3 is 1. The van der Waals surface area contributed by atoms with Gasteiger partial charge in [0.05, 0.1) is 17.1 Å². The van der Waals surface area contributed by atoms with Crippen LogP contribution in [0.2, 0.25) is 0 Å². The lowest BCUT2D eigenvalue weighted by Crippen LogP contribution is -2.58. The zero-order valence-corrected chi connectivity index (χ0v) is 11.7. The van der Waals surface area contributed by atoms with Crippen molar-refractivity contribution in [2.75, 3.05) is 7.11 Å². The van der Waals surface area contributed by atoms with Crippen LogP contribution in [0.15, 0.2) is 30.4 Å². The van der Waals surface area contributed by atoms with Crippen LogP contribution in [-0.2, 0) is 4.74 Å². The van der Waals surface area contributed by atoms with Crippen molar-refractivity contribution in [3.63, 3.8) is 0 Å². The highest BCUT2D eigenvalue weighted by atomic mass is 16.5. The SMILES string of the molecule is CO[C@@]12C=C[C@@H](CC1)[C@@H]1C(=O)c3cccc(O)c3C(=O)[C@@H]12. The summed E-state index contributed by atoms with van der Waals surface area (Å²) >= 11 is 0. The number of fused-ring (bicyclic) bond motifs is 2. The van der Waals surface area contributed by atoms with Gasteiger partial charge in [-0.15, -0.1) is 0 Å². The van der Waals surface area contributed by atoms with Crippen LogP contribution in [0.1, 0.15) is 33.6 Å². The van der Waals surface area contributed by atoms with Gasteiger partial charge in [0.15, 0.2) is 11.6 Å². The molecule has 4 heteroatoms. The molecule has 0 saturated heterocycles. The molecule has 0 unspecified atom stereocenters. The second-order valence-corrected chi connectivity index (χ2v) is 6.15. The molecule has 4 nitrogen and oxygen atoms in total. The fraction of sp³-hybridized carbons (Fsp3) is 0.412. The molecule has 0 amide bonds. The average Bonchev–Trinajstić information content (AvgIpc) is 2.52. The molecule has 1 N–H and O–H groups in total. The smallest absolute Gasteiger partial charge is 0.174 e. The first kappa shape index (κ1) is 12.8. The molecule has 0 aliphatic heterocycles. The van der Waals surface area contributed by atoms with Crippen molar-refractivity contribution in [2.45, 2.75) is 18.4 Å². The lowest BCUT2D eigenvalue weighted by molar-refractivity contribution is -0.0692. The van der Waals surface area contributed by atoms with Crippen molar-refractivity contribution in [1.82, 2.24) is 0 Å². The summed E-state index contributed by atoms with van der Waals surface area (Å²) in [5.74, 6) is -1.09. The monoisotopic (exact) mass is 284 g/mol. The van der Waals surface area contributed by atoms with Gasteiger partial charge in [-0.2, -0.15) is 0 Å². The minimum atomic E-state index is -0.702. The van der Waals surface area contributed by atoms with E-state index in [1.807, 2.05) is 12.2 Å². The minimum absolute atomic E-state index is 0.0408. The molecular weight excluding hydrogens is 268 g/mol. The van der Waals surface area contributed by atoms with Gasteiger partial charge < -0.3 is 9.84 Å². The lowest BCUT2D eigenvalue weighted by atomic mass is 9.53. The predicted octanol–water partition coefficient (Wildman–Crippen LogP) is 2.37. The van der Waals surface area contributed by atoms with E-state index in [-0.39, 0.29) is 34.7 Å². The van der Waals surface area contributed by atoms with Gasteiger partial charge in [0.2, 0.25) is 0 Å². The molecule has 0 heterocycles. The van der Waals surface area contributed by atoms with Crippen LogP contribution < -0.4 is 0 Å². The number of aromatic hydroxyl groups is 1. The second-order valence-electron chi connectivity index (χ2n) is 6.15. The van der Waals surface area contributed by atoms with E-state index in [4.69, 9.17) is 4.74 Å². The van der Waals surface area contributed by atoms with Gasteiger partial charge in [0.25, 0.3) is 0 Å². The van der Waals surface area contributed by atoms with Gasteiger partial charge in [-0.1, -0.05) is 24.3 Å². The van der Waals surface area contributed by atoms with Gasteiger partial charge in [0, 0.05) is 18.6 Å². The molecule has 0 aromatic heterocycles. The van der Waals surface area contributed by atoms with Gasteiger partial charge in [-0.05, 0) is 24.8 Å². The number of allylic oxidation sites excluding steroid dienone is 1. The summed E-state index contributed by atoms with van der Waals surface area (Å²) in [6.45, 7) is 0. The number of carbonyl (C=O) groups excluding carboxylic acids is 2. The molecule has 4 atom stereocenters. The molecule has 21 heavy (non-hydrogen) atoms. The zero-order chi connectivity index (χ0) is 14.8. The quantitative estimate of drug-likeness (QED) is 0.804. The molecule has 0 radical (unpaired) electrons. The van der Waals surface area contributed by atoms with E-state index in [0.717, 1.165) is 12.8 Å².